The van der Waals surface area contributed by atoms with Gasteiger partial charge in [0.1, 0.15) is 6.54 Å². The first-order valence-electron chi connectivity index (χ1n) is 8.62. The SMILES string of the molecule is COc1ccc(C[NH+](C)[C@H](C)c2nnc(-c3ccc([N+](=O)[O-])cc3)o2)cc1F. The third kappa shape index (κ3) is 4.15. The third-order valence-electron chi connectivity index (χ3n) is 4.57. The number of nitro groups is 1. The standard InChI is InChI=1S/C19H19FN4O4/c1-12(23(2)11-13-4-9-17(27-3)16(20)10-13)18-21-22-19(28-18)14-5-7-15(8-6-14)24(25)26/h4-10,12H,11H2,1-3H3/p+1/t12-/m1/s1. The van der Waals surface area contributed by atoms with E-state index in [4.69, 9.17) is 9.15 Å². The molecule has 0 spiro atoms. The molecule has 2 atom stereocenters. The molecule has 8 nitrogen and oxygen atoms in total. The minimum Gasteiger partial charge on any atom is -0.494 e. The molecule has 1 heterocycles. The lowest BCUT2D eigenvalue weighted by Gasteiger charge is -2.19. The summed E-state index contributed by atoms with van der Waals surface area (Å²) in [4.78, 5) is 11.3. The van der Waals surface area contributed by atoms with Crippen molar-refractivity contribution in [2.75, 3.05) is 14.2 Å². The van der Waals surface area contributed by atoms with Crippen molar-refractivity contribution in [2.45, 2.75) is 19.5 Å². The predicted octanol–water partition coefficient (Wildman–Crippen LogP) is 2.57. The number of nitrogens with one attached hydrogen (secondary N) is 1. The average Bonchev–Trinajstić information content (AvgIpc) is 3.17. The van der Waals surface area contributed by atoms with Gasteiger partial charge >= 0.3 is 0 Å². The molecule has 0 saturated carbocycles. The Bertz CT molecular complexity index is 974. The Kier molecular flexibility index (Phi) is 5.65. The summed E-state index contributed by atoms with van der Waals surface area (Å²) < 4.78 is 24.6. The fourth-order valence-electron chi connectivity index (χ4n) is 2.76. The lowest BCUT2D eigenvalue weighted by atomic mass is 10.1. The highest BCUT2D eigenvalue weighted by Crippen LogP contribution is 2.23. The lowest BCUT2D eigenvalue weighted by molar-refractivity contribution is -0.925. The largest absolute Gasteiger partial charge is 0.494 e. The topological polar surface area (TPSA) is 95.7 Å². The minimum absolute atomic E-state index is 0.00671. The Labute approximate surface area is 160 Å². The maximum absolute atomic E-state index is 13.9. The van der Waals surface area contributed by atoms with Crippen LogP contribution in [0.3, 0.4) is 0 Å². The van der Waals surface area contributed by atoms with E-state index < -0.39 is 10.7 Å². The summed E-state index contributed by atoms with van der Waals surface area (Å²) in [6, 6.07) is 10.6. The Morgan fingerprint density at radius 2 is 1.96 bits per heavy atom. The minimum atomic E-state index is -0.467. The van der Waals surface area contributed by atoms with Crippen molar-refractivity contribution in [1.82, 2.24) is 10.2 Å². The highest BCUT2D eigenvalue weighted by atomic mass is 19.1. The van der Waals surface area contributed by atoms with Gasteiger partial charge in [-0.2, -0.15) is 0 Å². The zero-order valence-electron chi connectivity index (χ0n) is 15.7. The van der Waals surface area contributed by atoms with Gasteiger partial charge in [0.25, 0.3) is 11.6 Å². The number of non-ortho nitro benzene ring substituents is 1. The maximum atomic E-state index is 13.9. The van der Waals surface area contributed by atoms with Crippen LogP contribution in [0.2, 0.25) is 0 Å². The molecule has 3 aromatic rings. The van der Waals surface area contributed by atoms with Crippen LogP contribution in [0.15, 0.2) is 46.9 Å². The maximum Gasteiger partial charge on any atom is 0.274 e. The van der Waals surface area contributed by atoms with Gasteiger partial charge in [0.15, 0.2) is 17.6 Å². The van der Waals surface area contributed by atoms with Crippen molar-refractivity contribution in [3.8, 4) is 17.2 Å². The third-order valence-corrected chi connectivity index (χ3v) is 4.57. The lowest BCUT2D eigenvalue weighted by Crippen LogP contribution is -3.07. The van der Waals surface area contributed by atoms with Crippen molar-refractivity contribution < 1.29 is 23.4 Å². The molecular formula is C19H20FN4O4+. The van der Waals surface area contributed by atoms with E-state index in [1.54, 1.807) is 18.2 Å². The summed E-state index contributed by atoms with van der Waals surface area (Å²) in [5.74, 6) is 0.526. The number of quaternary nitrogens is 1. The molecule has 9 heteroatoms. The first-order valence-corrected chi connectivity index (χ1v) is 8.62. The zero-order chi connectivity index (χ0) is 20.3. The number of methoxy groups -OCH3 is 1. The number of rotatable bonds is 7. The molecule has 0 fully saturated rings. The summed E-state index contributed by atoms with van der Waals surface area (Å²) in [5, 5.41) is 18.9. The molecule has 1 unspecified atom stereocenters. The van der Waals surface area contributed by atoms with Crippen LogP contribution in [-0.4, -0.2) is 29.3 Å². The normalized spacial score (nSPS) is 13.1. The van der Waals surface area contributed by atoms with Crippen molar-refractivity contribution in [1.29, 1.82) is 0 Å². The zero-order valence-corrected chi connectivity index (χ0v) is 15.7. The average molecular weight is 387 g/mol. The summed E-state index contributed by atoms with van der Waals surface area (Å²) in [5.41, 5.74) is 1.41. The first-order chi connectivity index (χ1) is 13.4. The van der Waals surface area contributed by atoms with Gasteiger partial charge in [-0.15, -0.1) is 10.2 Å². The van der Waals surface area contributed by atoms with E-state index in [1.165, 1.54) is 25.3 Å². The van der Waals surface area contributed by atoms with Crippen LogP contribution < -0.4 is 9.64 Å². The van der Waals surface area contributed by atoms with Crippen molar-refractivity contribution in [2.24, 2.45) is 0 Å². The van der Waals surface area contributed by atoms with Gasteiger partial charge in [-0.1, -0.05) is 0 Å². The van der Waals surface area contributed by atoms with Gasteiger partial charge in [-0.25, -0.2) is 4.39 Å². The highest BCUT2D eigenvalue weighted by molar-refractivity contribution is 5.55. The van der Waals surface area contributed by atoms with Crippen LogP contribution >= 0.6 is 0 Å². The van der Waals surface area contributed by atoms with Crippen molar-refractivity contribution in [3.63, 3.8) is 0 Å². The molecule has 1 aromatic heterocycles. The number of ether oxygens (including phenoxy) is 1. The Morgan fingerprint density at radius 3 is 2.57 bits per heavy atom. The molecule has 0 aliphatic carbocycles. The van der Waals surface area contributed by atoms with Gasteiger partial charge in [-0.05, 0) is 37.3 Å². The fourth-order valence-corrected chi connectivity index (χ4v) is 2.76. The number of hydrogen-bond donors (Lipinski definition) is 1. The number of benzene rings is 2. The highest BCUT2D eigenvalue weighted by Gasteiger charge is 2.23. The molecule has 1 N–H and O–H groups in total. The van der Waals surface area contributed by atoms with Gasteiger partial charge in [0.05, 0.1) is 19.1 Å². The summed E-state index contributed by atoms with van der Waals surface area (Å²) in [7, 11) is 3.37. The predicted molar refractivity (Wildman–Crippen MR) is 98.3 cm³/mol. The molecule has 28 heavy (non-hydrogen) atoms. The Morgan fingerprint density at radius 1 is 1.25 bits per heavy atom. The fraction of sp³-hybridized carbons (Fsp3) is 0.263. The molecule has 0 radical (unpaired) electrons. The van der Waals surface area contributed by atoms with Gasteiger partial charge < -0.3 is 14.1 Å². The van der Waals surface area contributed by atoms with Crippen molar-refractivity contribution >= 4 is 5.69 Å². The number of halogens is 1. The number of nitro benzene ring substituents is 1. The second kappa shape index (κ2) is 8.13. The monoisotopic (exact) mass is 387 g/mol. The van der Waals surface area contributed by atoms with Gasteiger partial charge in [0.2, 0.25) is 5.89 Å². The van der Waals surface area contributed by atoms with Crippen LogP contribution in [0.1, 0.15) is 24.4 Å². The van der Waals surface area contributed by atoms with E-state index in [2.05, 4.69) is 10.2 Å². The van der Waals surface area contributed by atoms with Gasteiger partial charge in [-0.3, -0.25) is 10.1 Å². The molecule has 0 aliphatic heterocycles. The number of nitrogens with zero attached hydrogens (tertiary/aromatic N) is 3. The van der Waals surface area contributed by atoms with E-state index in [9.17, 15) is 14.5 Å². The number of aromatic nitrogens is 2. The molecule has 2 aromatic carbocycles. The van der Waals surface area contributed by atoms with E-state index >= 15 is 0 Å². The Balaban J connectivity index is 1.71. The molecule has 0 amide bonds. The Hall–Kier alpha value is -3.33. The molecule has 0 saturated heterocycles. The van der Waals surface area contributed by atoms with Gasteiger partial charge in [0, 0.05) is 23.3 Å². The second-order valence-electron chi connectivity index (χ2n) is 6.46. The molecule has 0 bridgehead atoms. The van der Waals surface area contributed by atoms with Crippen LogP contribution in [0.5, 0.6) is 5.75 Å². The molecule has 0 aliphatic rings. The quantitative estimate of drug-likeness (QED) is 0.494. The van der Waals surface area contributed by atoms with Crippen LogP contribution in [0, 0.1) is 15.9 Å². The number of hydrogen-bond acceptors (Lipinski definition) is 6. The smallest absolute Gasteiger partial charge is 0.274 e. The molecule has 146 valence electrons. The van der Waals surface area contributed by atoms with Crippen LogP contribution in [0.25, 0.3) is 11.5 Å². The van der Waals surface area contributed by atoms with Crippen LogP contribution in [-0.2, 0) is 6.54 Å². The summed E-state index contributed by atoms with van der Waals surface area (Å²) >= 11 is 0. The van der Waals surface area contributed by atoms with Crippen molar-refractivity contribution in [3.05, 3.63) is 69.9 Å². The van der Waals surface area contributed by atoms with E-state index in [0.29, 0.717) is 23.9 Å². The summed E-state index contributed by atoms with van der Waals surface area (Å²) in [6.45, 7) is 2.49. The van der Waals surface area contributed by atoms with E-state index in [1.807, 2.05) is 20.0 Å². The van der Waals surface area contributed by atoms with E-state index in [-0.39, 0.29) is 17.5 Å². The first kappa shape index (κ1) is 19.4. The van der Waals surface area contributed by atoms with Crippen LogP contribution in [0.4, 0.5) is 10.1 Å². The van der Waals surface area contributed by atoms with E-state index in [0.717, 1.165) is 10.5 Å². The second-order valence-corrected chi connectivity index (χ2v) is 6.46. The summed E-state index contributed by atoms with van der Waals surface area (Å²) in [6.07, 6.45) is 0. The molecule has 3 rings (SSSR count). The molecular weight excluding hydrogens is 367 g/mol.